The number of benzene rings is 1. The Morgan fingerprint density at radius 2 is 1.78 bits per heavy atom. The molecule has 8 aliphatic rings. The second-order valence-electron chi connectivity index (χ2n) is 16.1. The van der Waals surface area contributed by atoms with Gasteiger partial charge in [-0.1, -0.05) is 69.9 Å². The minimum Gasteiger partial charge on any atom is -0.387 e. The SMILES string of the molecule is CC1COC(C(O)C(C)(O)C2CCC34OCC#CC(c5ccccc5)COC5CCC6(C)C(C5)C(=O)C=C3C6CCC24C)C1C. The van der Waals surface area contributed by atoms with Gasteiger partial charge in [-0.25, -0.2) is 0 Å². The minimum absolute atomic E-state index is 0.0485. The first kappa shape index (κ1) is 31.6. The van der Waals surface area contributed by atoms with Crippen molar-refractivity contribution in [3.05, 3.63) is 47.5 Å². The average Bonchev–Trinajstić information content (AvgIpc) is 3.52. The van der Waals surface area contributed by atoms with E-state index in [0.29, 0.717) is 32.0 Å². The summed E-state index contributed by atoms with van der Waals surface area (Å²) < 4.78 is 19.7. The molecule has 45 heavy (non-hydrogen) atoms. The third kappa shape index (κ3) is 4.74. The Kier molecular flexibility index (Phi) is 7.94. The van der Waals surface area contributed by atoms with E-state index >= 15 is 0 Å². The summed E-state index contributed by atoms with van der Waals surface area (Å²) in [6.45, 7) is 12.0. The van der Waals surface area contributed by atoms with E-state index in [4.69, 9.17) is 14.2 Å². The fourth-order valence-corrected chi connectivity index (χ4v) is 11.0. The van der Waals surface area contributed by atoms with Crippen LogP contribution < -0.4 is 0 Å². The Hall–Kier alpha value is -2.01. The number of allylic oxidation sites excluding steroid dienone is 1. The van der Waals surface area contributed by atoms with Crippen LogP contribution in [0.1, 0.15) is 91.0 Å². The molecule has 9 rings (SSSR count). The van der Waals surface area contributed by atoms with E-state index in [1.165, 1.54) is 0 Å². The molecule has 6 nitrogen and oxygen atoms in total. The molecule has 1 aromatic rings. The second kappa shape index (κ2) is 11.3. The molecular weight excluding hydrogens is 564 g/mol. The van der Waals surface area contributed by atoms with Crippen molar-refractivity contribution in [3.8, 4) is 11.8 Å². The summed E-state index contributed by atoms with van der Waals surface area (Å²) in [5.74, 6) is 7.39. The van der Waals surface area contributed by atoms with Crippen LogP contribution in [0.25, 0.3) is 0 Å². The molecule has 13 atom stereocenters. The molecule has 4 fully saturated rings. The lowest BCUT2D eigenvalue weighted by Gasteiger charge is -2.61. The van der Waals surface area contributed by atoms with Crippen molar-refractivity contribution in [2.24, 2.45) is 40.4 Å². The van der Waals surface area contributed by atoms with Crippen LogP contribution in [-0.2, 0) is 19.0 Å². The predicted octanol–water partition coefficient (Wildman–Crippen LogP) is 5.85. The number of aliphatic hydroxyl groups excluding tert-OH is 1. The summed E-state index contributed by atoms with van der Waals surface area (Å²) in [6, 6.07) is 10.3. The molecule has 244 valence electrons. The van der Waals surface area contributed by atoms with Gasteiger partial charge in [-0.3, -0.25) is 4.79 Å². The third-order valence-corrected chi connectivity index (χ3v) is 14.0. The van der Waals surface area contributed by atoms with Gasteiger partial charge in [-0.05, 0) is 98.2 Å². The van der Waals surface area contributed by atoms with E-state index < -0.39 is 28.8 Å². The van der Waals surface area contributed by atoms with Crippen molar-refractivity contribution in [2.75, 3.05) is 19.8 Å². The molecule has 1 spiro atoms. The van der Waals surface area contributed by atoms with Crippen molar-refractivity contribution in [1.29, 1.82) is 0 Å². The summed E-state index contributed by atoms with van der Waals surface area (Å²) >= 11 is 0. The maximum absolute atomic E-state index is 14.2. The molecule has 6 bridgehead atoms. The first-order valence-electron chi connectivity index (χ1n) is 17.5. The standard InChI is InChI=1S/C39H52O6/c1-24-22-44-34(25(24)2)35(41)38(5,42)33-15-18-39-30-21-32(40)31-20-28(13-16-36(31,3)29(30)14-17-37(33,39)4)43-23-27(12-9-19-45-39)26-10-7-6-8-11-26/h6-8,10-11,21,24-25,27-29,31,33-35,41-42H,13-20,22-23H2,1-5H3. The molecule has 2 N–H and O–H groups in total. The van der Waals surface area contributed by atoms with Gasteiger partial charge in [0.1, 0.15) is 12.7 Å². The normalized spacial score (nSPS) is 46.4. The zero-order chi connectivity index (χ0) is 31.8. The minimum atomic E-state index is -1.39. The summed E-state index contributed by atoms with van der Waals surface area (Å²) in [4.78, 5) is 14.2. The Morgan fingerprint density at radius 3 is 2.51 bits per heavy atom. The third-order valence-electron chi connectivity index (χ3n) is 14.0. The summed E-state index contributed by atoms with van der Waals surface area (Å²) in [5, 5.41) is 24.1. The molecule has 6 heteroatoms. The first-order chi connectivity index (χ1) is 21.4. The number of aliphatic hydroxyl groups is 2. The van der Waals surface area contributed by atoms with Crippen LogP contribution in [-0.4, -0.2) is 65.3 Å². The van der Waals surface area contributed by atoms with Crippen molar-refractivity contribution in [1.82, 2.24) is 0 Å². The molecule has 0 amide bonds. The topological polar surface area (TPSA) is 85.2 Å². The Balaban J connectivity index is 1.30. The van der Waals surface area contributed by atoms with Crippen LogP contribution in [0.15, 0.2) is 42.0 Å². The summed E-state index contributed by atoms with van der Waals surface area (Å²) in [7, 11) is 0. The molecule has 13 unspecified atom stereocenters. The van der Waals surface area contributed by atoms with E-state index in [0.717, 1.165) is 43.2 Å². The molecule has 1 saturated heterocycles. The summed E-state index contributed by atoms with van der Waals surface area (Å²) in [6.07, 6.45) is 6.38. The maximum Gasteiger partial charge on any atom is 0.159 e. The lowest BCUT2D eigenvalue weighted by Crippen LogP contribution is -2.64. The number of carbonyl (C=O) groups excluding carboxylic acids is 1. The molecule has 4 aliphatic heterocycles. The van der Waals surface area contributed by atoms with E-state index in [2.05, 4.69) is 51.7 Å². The molecule has 3 saturated carbocycles. The van der Waals surface area contributed by atoms with Gasteiger partial charge in [-0.2, -0.15) is 0 Å². The zero-order valence-electron chi connectivity index (χ0n) is 27.8. The molecule has 0 radical (unpaired) electrons. The number of fused-ring (bicyclic) bond motifs is 2. The predicted molar refractivity (Wildman–Crippen MR) is 172 cm³/mol. The van der Waals surface area contributed by atoms with Gasteiger partial charge in [0.15, 0.2) is 5.78 Å². The van der Waals surface area contributed by atoms with E-state index in [1.54, 1.807) is 0 Å². The Morgan fingerprint density at radius 1 is 1.00 bits per heavy atom. The molecule has 1 aromatic carbocycles. The fraction of sp³-hybridized carbons (Fsp3) is 0.718. The number of carbonyl (C=O) groups is 1. The highest BCUT2D eigenvalue weighted by Gasteiger charge is 2.70. The van der Waals surface area contributed by atoms with Crippen LogP contribution in [0.3, 0.4) is 0 Å². The summed E-state index contributed by atoms with van der Waals surface area (Å²) in [5.41, 5.74) is -0.530. The largest absolute Gasteiger partial charge is 0.387 e. The quantitative estimate of drug-likeness (QED) is 0.413. The highest BCUT2D eigenvalue weighted by atomic mass is 16.5. The Bertz CT molecular complexity index is 1390. The lowest BCUT2D eigenvalue weighted by atomic mass is 9.45. The Labute approximate surface area is 269 Å². The van der Waals surface area contributed by atoms with Crippen LogP contribution in [0.2, 0.25) is 0 Å². The molecule has 4 heterocycles. The van der Waals surface area contributed by atoms with E-state index in [9.17, 15) is 15.0 Å². The van der Waals surface area contributed by atoms with E-state index in [-0.39, 0.29) is 53.5 Å². The van der Waals surface area contributed by atoms with Crippen molar-refractivity contribution < 1.29 is 29.2 Å². The molecular formula is C39H52O6. The van der Waals surface area contributed by atoms with Gasteiger partial charge in [0.25, 0.3) is 0 Å². The number of ketones is 1. The van der Waals surface area contributed by atoms with Crippen LogP contribution >= 0.6 is 0 Å². The monoisotopic (exact) mass is 616 g/mol. The van der Waals surface area contributed by atoms with Crippen molar-refractivity contribution in [2.45, 2.75) is 115 Å². The zero-order valence-corrected chi connectivity index (χ0v) is 27.8. The number of hydrogen-bond acceptors (Lipinski definition) is 6. The van der Waals surface area contributed by atoms with Crippen molar-refractivity contribution >= 4 is 5.78 Å². The van der Waals surface area contributed by atoms with Crippen LogP contribution in [0.5, 0.6) is 0 Å². The molecule has 4 aliphatic carbocycles. The molecule has 0 aromatic heterocycles. The number of hydrogen-bond donors (Lipinski definition) is 2. The van der Waals surface area contributed by atoms with Gasteiger partial charge in [0.2, 0.25) is 0 Å². The highest BCUT2D eigenvalue weighted by molar-refractivity contribution is 5.95. The number of ether oxygens (including phenoxy) is 3. The lowest BCUT2D eigenvalue weighted by molar-refractivity contribution is -0.200. The average molecular weight is 617 g/mol. The fourth-order valence-electron chi connectivity index (χ4n) is 11.0. The maximum atomic E-state index is 14.2. The van der Waals surface area contributed by atoms with Crippen LogP contribution in [0, 0.1) is 52.3 Å². The smallest absolute Gasteiger partial charge is 0.159 e. The highest BCUT2D eigenvalue weighted by Crippen LogP contribution is 2.70. The van der Waals surface area contributed by atoms with Gasteiger partial charge in [0, 0.05) is 17.9 Å². The van der Waals surface area contributed by atoms with Gasteiger partial charge >= 0.3 is 0 Å². The van der Waals surface area contributed by atoms with Crippen LogP contribution in [0.4, 0.5) is 0 Å². The van der Waals surface area contributed by atoms with Crippen molar-refractivity contribution in [3.63, 3.8) is 0 Å². The van der Waals surface area contributed by atoms with Gasteiger partial charge < -0.3 is 24.4 Å². The number of rotatable bonds is 4. The second-order valence-corrected chi connectivity index (χ2v) is 16.1. The van der Waals surface area contributed by atoms with Gasteiger partial charge in [-0.15, -0.1) is 0 Å². The van der Waals surface area contributed by atoms with E-state index in [1.807, 2.05) is 31.2 Å². The van der Waals surface area contributed by atoms with Gasteiger partial charge in [0.05, 0.1) is 35.9 Å². The first-order valence-corrected chi connectivity index (χ1v) is 17.5.